The summed E-state index contributed by atoms with van der Waals surface area (Å²) in [6, 6.07) is 3.88. The summed E-state index contributed by atoms with van der Waals surface area (Å²) in [5.41, 5.74) is 1.25. The van der Waals surface area contributed by atoms with Crippen LogP contribution < -0.4 is 15.4 Å². The normalized spacial score (nSPS) is 10.2. The maximum Gasteiger partial charge on any atom is 0.289 e. The molecule has 7 nitrogen and oxygen atoms in total. The van der Waals surface area contributed by atoms with Crippen molar-refractivity contribution in [3.8, 4) is 5.75 Å². The highest BCUT2D eigenvalue weighted by Gasteiger charge is 2.09. The second kappa shape index (κ2) is 9.63. The molecule has 27 heavy (non-hydrogen) atoms. The second-order valence-electron chi connectivity index (χ2n) is 5.61. The number of nitrogens with one attached hydrogen (secondary N) is 2. The lowest BCUT2D eigenvalue weighted by molar-refractivity contribution is -0.122. The molecule has 0 saturated heterocycles. The summed E-state index contributed by atoms with van der Waals surface area (Å²) in [5.74, 6) is -1.25. The van der Waals surface area contributed by atoms with Crippen LogP contribution in [0.3, 0.4) is 0 Å². The lowest BCUT2D eigenvalue weighted by Gasteiger charge is -2.10. The molecule has 1 aromatic carbocycles. The molecule has 0 unspecified atom stereocenters. The molecule has 0 spiro atoms. The van der Waals surface area contributed by atoms with Crippen molar-refractivity contribution < 1.29 is 18.7 Å². The van der Waals surface area contributed by atoms with Crippen LogP contribution in [0.25, 0.3) is 0 Å². The van der Waals surface area contributed by atoms with Crippen LogP contribution in [-0.4, -0.2) is 34.9 Å². The Bertz CT molecular complexity index is 843. The van der Waals surface area contributed by atoms with Crippen LogP contribution in [0.5, 0.6) is 5.75 Å². The molecule has 9 heteroatoms. The summed E-state index contributed by atoms with van der Waals surface area (Å²) >= 11 is 5.57. The van der Waals surface area contributed by atoms with Crippen molar-refractivity contribution in [2.45, 2.75) is 13.3 Å². The van der Waals surface area contributed by atoms with Crippen molar-refractivity contribution in [3.05, 3.63) is 65.1 Å². The van der Waals surface area contributed by atoms with E-state index in [0.717, 1.165) is 11.6 Å². The van der Waals surface area contributed by atoms with Gasteiger partial charge in [-0.2, -0.15) is 0 Å². The largest absolute Gasteiger partial charge is 0.484 e. The van der Waals surface area contributed by atoms with Crippen molar-refractivity contribution in [2.24, 2.45) is 0 Å². The molecule has 2 N–H and O–H groups in total. The van der Waals surface area contributed by atoms with E-state index in [9.17, 15) is 14.0 Å². The molecule has 0 aliphatic rings. The van der Waals surface area contributed by atoms with E-state index in [-0.39, 0.29) is 29.7 Å². The average Bonchev–Trinajstić information content (AvgIpc) is 2.63. The molecule has 2 aromatic rings. The van der Waals surface area contributed by atoms with Gasteiger partial charge in [0.05, 0.1) is 5.02 Å². The highest BCUT2D eigenvalue weighted by Crippen LogP contribution is 2.20. The Morgan fingerprint density at radius 2 is 2.00 bits per heavy atom. The Morgan fingerprint density at radius 3 is 2.67 bits per heavy atom. The summed E-state index contributed by atoms with van der Waals surface area (Å²) in [5, 5.41) is 5.14. The molecule has 1 aromatic heterocycles. The van der Waals surface area contributed by atoms with Gasteiger partial charge < -0.3 is 15.4 Å². The fourth-order valence-corrected chi connectivity index (χ4v) is 2.04. The first-order valence-corrected chi connectivity index (χ1v) is 8.35. The number of aryl methyl sites for hydroxylation is 1. The highest BCUT2D eigenvalue weighted by molar-refractivity contribution is 6.30. The Kier molecular flexibility index (Phi) is 7.25. The molecule has 0 aliphatic carbocycles. The number of halogens is 2. The number of amides is 2. The van der Waals surface area contributed by atoms with Crippen LogP contribution in [0.1, 0.15) is 22.6 Å². The zero-order valence-electron chi connectivity index (χ0n) is 14.6. The number of carbonyl (C=O) groups is 2. The maximum absolute atomic E-state index is 13.3. The molecule has 0 radical (unpaired) electrons. The van der Waals surface area contributed by atoms with Gasteiger partial charge in [-0.25, -0.2) is 14.4 Å². The SMILES string of the molecule is C=C(CCNC(=O)c1ncc(C)cn1)NC(=O)COc1ccc(Cl)c(F)c1. The van der Waals surface area contributed by atoms with Crippen LogP contribution in [0.4, 0.5) is 4.39 Å². The first-order valence-electron chi connectivity index (χ1n) is 7.97. The first kappa shape index (κ1) is 20.3. The molecule has 0 fully saturated rings. The van der Waals surface area contributed by atoms with Crippen LogP contribution in [-0.2, 0) is 4.79 Å². The van der Waals surface area contributed by atoms with E-state index in [4.69, 9.17) is 16.3 Å². The van der Waals surface area contributed by atoms with E-state index in [2.05, 4.69) is 27.2 Å². The lowest BCUT2D eigenvalue weighted by atomic mass is 10.3. The number of ether oxygens (including phenoxy) is 1. The van der Waals surface area contributed by atoms with Crippen molar-refractivity contribution in [2.75, 3.05) is 13.2 Å². The van der Waals surface area contributed by atoms with Gasteiger partial charge in [-0.15, -0.1) is 0 Å². The Balaban J connectivity index is 1.68. The molecular formula is C18H18ClFN4O3. The minimum absolute atomic E-state index is 0.0294. The lowest BCUT2D eigenvalue weighted by Crippen LogP contribution is -2.31. The van der Waals surface area contributed by atoms with Crippen molar-refractivity contribution in [1.29, 1.82) is 0 Å². The summed E-state index contributed by atoms with van der Waals surface area (Å²) < 4.78 is 18.5. The summed E-state index contributed by atoms with van der Waals surface area (Å²) in [7, 11) is 0. The number of carbonyl (C=O) groups excluding carboxylic acids is 2. The minimum Gasteiger partial charge on any atom is -0.484 e. The zero-order chi connectivity index (χ0) is 19.8. The predicted octanol–water partition coefficient (Wildman–Crippen LogP) is 2.41. The van der Waals surface area contributed by atoms with E-state index < -0.39 is 17.6 Å². The molecule has 2 amide bonds. The van der Waals surface area contributed by atoms with Gasteiger partial charge in [-0.1, -0.05) is 18.2 Å². The Morgan fingerprint density at radius 1 is 1.30 bits per heavy atom. The van der Waals surface area contributed by atoms with Crippen LogP contribution in [0, 0.1) is 12.7 Å². The van der Waals surface area contributed by atoms with E-state index in [1.54, 1.807) is 12.4 Å². The molecule has 0 atom stereocenters. The van der Waals surface area contributed by atoms with Crippen LogP contribution in [0.15, 0.2) is 42.9 Å². The zero-order valence-corrected chi connectivity index (χ0v) is 15.3. The first-order chi connectivity index (χ1) is 12.8. The van der Waals surface area contributed by atoms with E-state index in [1.807, 2.05) is 6.92 Å². The quantitative estimate of drug-likeness (QED) is 0.719. The summed E-state index contributed by atoms with van der Waals surface area (Å²) in [4.78, 5) is 31.5. The summed E-state index contributed by atoms with van der Waals surface area (Å²) in [6.07, 6.45) is 3.42. The smallest absolute Gasteiger partial charge is 0.289 e. The van der Waals surface area contributed by atoms with Gasteiger partial charge in [0.25, 0.3) is 11.8 Å². The third kappa shape index (κ3) is 6.67. The van der Waals surface area contributed by atoms with Crippen LogP contribution >= 0.6 is 11.6 Å². The number of benzene rings is 1. The number of hydrogen-bond acceptors (Lipinski definition) is 5. The number of hydrogen-bond donors (Lipinski definition) is 2. The predicted molar refractivity (Wildman–Crippen MR) is 97.9 cm³/mol. The van der Waals surface area contributed by atoms with Gasteiger partial charge in [0.15, 0.2) is 6.61 Å². The number of aromatic nitrogens is 2. The second-order valence-corrected chi connectivity index (χ2v) is 6.01. The van der Waals surface area contributed by atoms with E-state index in [1.165, 1.54) is 12.1 Å². The molecule has 142 valence electrons. The van der Waals surface area contributed by atoms with Crippen LogP contribution in [0.2, 0.25) is 5.02 Å². The van der Waals surface area contributed by atoms with Gasteiger partial charge in [0.2, 0.25) is 5.82 Å². The Labute approximate surface area is 160 Å². The fraction of sp³-hybridized carbons (Fsp3) is 0.222. The molecular weight excluding hydrogens is 375 g/mol. The summed E-state index contributed by atoms with van der Waals surface area (Å²) in [6.45, 7) is 5.46. The van der Waals surface area contributed by atoms with Crippen molar-refractivity contribution in [1.82, 2.24) is 20.6 Å². The van der Waals surface area contributed by atoms with E-state index >= 15 is 0 Å². The third-order valence-electron chi connectivity index (χ3n) is 3.27. The van der Waals surface area contributed by atoms with Gasteiger partial charge in [-0.05, 0) is 24.6 Å². The van der Waals surface area contributed by atoms with Gasteiger partial charge in [0, 0.05) is 37.1 Å². The van der Waals surface area contributed by atoms with Gasteiger partial charge in [-0.3, -0.25) is 9.59 Å². The topological polar surface area (TPSA) is 93.2 Å². The minimum atomic E-state index is -0.632. The average molecular weight is 393 g/mol. The maximum atomic E-state index is 13.3. The van der Waals surface area contributed by atoms with Gasteiger partial charge in [0.1, 0.15) is 11.6 Å². The molecule has 1 heterocycles. The number of rotatable bonds is 8. The monoisotopic (exact) mass is 392 g/mol. The number of nitrogens with zero attached hydrogens (tertiary/aromatic N) is 2. The Hall–Kier alpha value is -3.00. The molecule has 0 saturated carbocycles. The fourth-order valence-electron chi connectivity index (χ4n) is 1.93. The third-order valence-corrected chi connectivity index (χ3v) is 3.58. The highest BCUT2D eigenvalue weighted by atomic mass is 35.5. The van der Waals surface area contributed by atoms with Crippen molar-refractivity contribution >= 4 is 23.4 Å². The van der Waals surface area contributed by atoms with Crippen molar-refractivity contribution in [3.63, 3.8) is 0 Å². The van der Waals surface area contributed by atoms with E-state index in [0.29, 0.717) is 12.1 Å². The molecule has 0 bridgehead atoms. The molecule has 2 rings (SSSR count). The standard InChI is InChI=1S/C18H18ClFN4O3/c1-11-8-22-17(23-9-11)18(26)21-6-5-12(2)24-16(25)10-27-13-3-4-14(19)15(20)7-13/h3-4,7-9H,2,5-6,10H2,1H3,(H,21,26)(H,24,25). The molecule has 0 aliphatic heterocycles. The van der Waals surface area contributed by atoms with Gasteiger partial charge >= 0.3 is 0 Å².